The second-order valence-corrected chi connectivity index (χ2v) is 7.77. The largest absolute Gasteiger partial charge is 0.467 e. The normalized spacial score (nSPS) is 14.0. The lowest BCUT2D eigenvalue weighted by atomic mass is 10.0. The number of esters is 1. The number of carbonyl (C=O) groups excluding carboxylic acids is 2. The lowest BCUT2D eigenvalue weighted by Gasteiger charge is -2.23. The van der Waals surface area contributed by atoms with Crippen molar-refractivity contribution >= 4 is 23.5 Å². The SMILES string of the molecule is Cc1ccc(C(=O)N[C@H](C(=O)OCc2cc(Cl)cc3c2OCOC3)C(C)C)cc1. The fourth-order valence-electron chi connectivity index (χ4n) is 3.03. The minimum absolute atomic E-state index is 0.00858. The summed E-state index contributed by atoms with van der Waals surface area (Å²) < 4.78 is 16.3. The summed E-state index contributed by atoms with van der Waals surface area (Å²) in [6.07, 6.45) is 0. The Bertz CT molecular complexity index is 895. The van der Waals surface area contributed by atoms with Crippen molar-refractivity contribution in [2.45, 2.75) is 40.0 Å². The Kier molecular flexibility index (Phi) is 6.77. The van der Waals surface area contributed by atoms with E-state index in [0.717, 1.165) is 11.1 Å². The van der Waals surface area contributed by atoms with Crippen LogP contribution in [0.15, 0.2) is 36.4 Å². The van der Waals surface area contributed by atoms with Gasteiger partial charge in [-0.25, -0.2) is 4.79 Å². The molecule has 0 radical (unpaired) electrons. The predicted molar refractivity (Wildman–Crippen MR) is 109 cm³/mol. The molecule has 1 aliphatic heterocycles. The number of ether oxygens (including phenoxy) is 3. The predicted octanol–water partition coefficient (Wildman–Crippen LogP) is 4.01. The summed E-state index contributed by atoms with van der Waals surface area (Å²) in [7, 11) is 0. The number of hydrogen-bond acceptors (Lipinski definition) is 5. The van der Waals surface area contributed by atoms with Gasteiger partial charge in [0.15, 0.2) is 6.79 Å². The highest BCUT2D eigenvalue weighted by molar-refractivity contribution is 6.30. The first-order valence-corrected chi connectivity index (χ1v) is 9.79. The molecule has 0 saturated carbocycles. The molecule has 0 fully saturated rings. The average molecular weight is 418 g/mol. The van der Waals surface area contributed by atoms with Crippen molar-refractivity contribution in [3.8, 4) is 5.75 Å². The summed E-state index contributed by atoms with van der Waals surface area (Å²) in [5, 5.41) is 3.28. The molecule has 1 amide bonds. The molecule has 0 spiro atoms. The van der Waals surface area contributed by atoms with E-state index in [-0.39, 0.29) is 25.2 Å². The van der Waals surface area contributed by atoms with Gasteiger partial charge in [-0.2, -0.15) is 0 Å². The zero-order valence-electron chi connectivity index (χ0n) is 16.7. The van der Waals surface area contributed by atoms with Crippen LogP contribution in [0.3, 0.4) is 0 Å². The second-order valence-electron chi connectivity index (χ2n) is 7.33. The molecular formula is C22H24ClNO5. The van der Waals surface area contributed by atoms with Crippen molar-refractivity contribution in [2.24, 2.45) is 5.92 Å². The highest BCUT2D eigenvalue weighted by atomic mass is 35.5. The van der Waals surface area contributed by atoms with Crippen molar-refractivity contribution in [2.75, 3.05) is 6.79 Å². The molecule has 154 valence electrons. The number of amides is 1. The number of halogens is 1. The third-order valence-electron chi connectivity index (χ3n) is 4.64. The topological polar surface area (TPSA) is 73.9 Å². The van der Waals surface area contributed by atoms with E-state index in [1.807, 2.05) is 32.9 Å². The van der Waals surface area contributed by atoms with E-state index >= 15 is 0 Å². The van der Waals surface area contributed by atoms with Crippen LogP contribution in [0, 0.1) is 12.8 Å². The van der Waals surface area contributed by atoms with E-state index in [4.69, 9.17) is 25.8 Å². The molecule has 0 bridgehead atoms. The van der Waals surface area contributed by atoms with Gasteiger partial charge in [0.25, 0.3) is 5.91 Å². The van der Waals surface area contributed by atoms with Crippen LogP contribution in [-0.4, -0.2) is 24.7 Å². The number of aryl methyl sites for hydroxylation is 1. The van der Waals surface area contributed by atoms with Gasteiger partial charge >= 0.3 is 5.97 Å². The van der Waals surface area contributed by atoms with Gasteiger partial charge in [0.1, 0.15) is 18.4 Å². The summed E-state index contributed by atoms with van der Waals surface area (Å²) >= 11 is 6.15. The van der Waals surface area contributed by atoms with Gasteiger partial charge in [-0.05, 0) is 37.1 Å². The first kappa shape index (κ1) is 21.1. The number of carbonyl (C=O) groups is 2. The quantitative estimate of drug-likeness (QED) is 0.719. The monoisotopic (exact) mass is 417 g/mol. The highest BCUT2D eigenvalue weighted by Gasteiger charge is 2.27. The molecule has 0 aliphatic carbocycles. The first-order valence-electron chi connectivity index (χ1n) is 9.41. The van der Waals surface area contributed by atoms with Crippen molar-refractivity contribution in [3.05, 3.63) is 63.7 Å². The fourth-order valence-corrected chi connectivity index (χ4v) is 3.29. The lowest BCUT2D eigenvalue weighted by molar-refractivity contribution is -0.148. The Morgan fingerprint density at radius 3 is 2.62 bits per heavy atom. The Hall–Kier alpha value is -2.57. The Morgan fingerprint density at radius 1 is 1.21 bits per heavy atom. The van der Waals surface area contributed by atoms with Crippen LogP contribution in [0.5, 0.6) is 5.75 Å². The Morgan fingerprint density at radius 2 is 1.93 bits per heavy atom. The third kappa shape index (κ3) is 5.28. The van der Waals surface area contributed by atoms with Crippen molar-refractivity contribution in [1.29, 1.82) is 0 Å². The van der Waals surface area contributed by atoms with Crippen molar-refractivity contribution in [3.63, 3.8) is 0 Å². The minimum Gasteiger partial charge on any atom is -0.467 e. The van der Waals surface area contributed by atoms with E-state index in [1.54, 1.807) is 24.3 Å². The van der Waals surface area contributed by atoms with Crippen LogP contribution >= 0.6 is 11.6 Å². The van der Waals surface area contributed by atoms with Crippen LogP contribution < -0.4 is 10.1 Å². The summed E-state index contributed by atoms with van der Waals surface area (Å²) in [5.74, 6) is -0.351. The fraction of sp³-hybridized carbons (Fsp3) is 0.364. The van der Waals surface area contributed by atoms with E-state index in [1.165, 1.54) is 0 Å². The van der Waals surface area contributed by atoms with Gasteiger partial charge in [0, 0.05) is 21.7 Å². The van der Waals surface area contributed by atoms with Crippen LogP contribution in [0.1, 0.15) is 40.9 Å². The molecule has 6 nitrogen and oxygen atoms in total. The summed E-state index contributed by atoms with van der Waals surface area (Å²) in [6, 6.07) is 9.85. The molecule has 2 aromatic rings. The van der Waals surface area contributed by atoms with Crippen LogP contribution in [-0.2, 0) is 27.5 Å². The molecule has 0 unspecified atom stereocenters. The van der Waals surface area contributed by atoms with Crippen LogP contribution in [0.4, 0.5) is 0 Å². The number of hydrogen-bond donors (Lipinski definition) is 1. The maximum absolute atomic E-state index is 12.7. The minimum atomic E-state index is -0.775. The Labute approximate surface area is 175 Å². The molecule has 1 atom stereocenters. The molecule has 29 heavy (non-hydrogen) atoms. The van der Waals surface area contributed by atoms with Gasteiger partial charge in [-0.3, -0.25) is 4.79 Å². The lowest BCUT2D eigenvalue weighted by Crippen LogP contribution is -2.45. The maximum atomic E-state index is 12.7. The number of fused-ring (bicyclic) bond motifs is 1. The van der Waals surface area contributed by atoms with E-state index in [0.29, 0.717) is 28.5 Å². The van der Waals surface area contributed by atoms with Gasteiger partial charge < -0.3 is 19.5 Å². The van der Waals surface area contributed by atoms with Gasteiger partial charge in [-0.1, -0.05) is 43.1 Å². The zero-order valence-corrected chi connectivity index (χ0v) is 17.4. The molecule has 3 rings (SSSR count). The van der Waals surface area contributed by atoms with E-state index < -0.39 is 12.0 Å². The van der Waals surface area contributed by atoms with E-state index in [9.17, 15) is 9.59 Å². The molecule has 0 saturated heterocycles. The average Bonchev–Trinajstić information content (AvgIpc) is 2.70. The molecule has 1 aliphatic rings. The molecule has 7 heteroatoms. The third-order valence-corrected chi connectivity index (χ3v) is 4.86. The molecule has 1 heterocycles. The molecule has 2 aromatic carbocycles. The van der Waals surface area contributed by atoms with Crippen LogP contribution in [0.2, 0.25) is 5.02 Å². The summed E-state index contributed by atoms with van der Waals surface area (Å²) in [5.41, 5.74) is 3.02. The summed E-state index contributed by atoms with van der Waals surface area (Å²) in [6.45, 7) is 6.16. The maximum Gasteiger partial charge on any atom is 0.329 e. The van der Waals surface area contributed by atoms with Crippen molar-refractivity contribution < 1.29 is 23.8 Å². The number of rotatable bonds is 6. The molecule has 1 N–H and O–H groups in total. The zero-order chi connectivity index (χ0) is 21.0. The first-order chi connectivity index (χ1) is 13.8. The molecule has 0 aromatic heterocycles. The van der Waals surface area contributed by atoms with Gasteiger partial charge in [0.05, 0.1) is 6.61 Å². The second kappa shape index (κ2) is 9.29. The van der Waals surface area contributed by atoms with Gasteiger partial charge in [0.2, 0.25) is 0 Å². The van der Waals surface area contributed by atoms with E-state index in [2.05, 4.69) is 5.32 Å². The van der Waals surface area contributed by atoms with Gasteiger partial charge in [-0.15, -0.1) is 0 Å². The van der Waals surface area contributed by atoms with Crippen LogP contribution in [0.25, 0.3) is 0 Å². The molecular weight excluding hydrogens is 394 g/mol. The Balaban J connectivity index is 1.68. The smallest absolute Gasteiger partial charge is 0.329 e. The summed E-state index contributed by atoms with van der Waals surface area (Å²) in [4.78, 5) is 25.2. The number of benzene rings is 2. The standard InChI is InChI=1S/C22H24ClNO5/c1-13(2)19(24-21(25)15-6-4-14(3)5-7-15)22(26)28-11-17-9-18(23)8-16-10-27-12-29-20(16)17/h4-9,13,19H,10-12H2,1-3H3,(H,24,25)/t19-/m0/s1. The number of nitrogens with one attached hydrogen (secondary N) is 1. The van der Waals surface area contributed by atoms with Crippen molar-refractivity contribution in [1.82, 2.24) is 5.32 Å². The highest BCUT2D eigenvalue weighted by Crippen LogP contribution is 2.32.